The zero-order chi connectivity index (χ0) is 16.9. The van der Waals surface area contributed by atoms with Crippen molar-refractivity contribution in [3.63, 3.8) is 0 Å². The van der Waals surface area contributed by atoms with Crippen molar-refractivity contribution >= 4 is 5.91 Å². The molecule has 1 aromatic rings. The van der Waals surface area contributed by atoms with E-state index in [4.69, 9.17) is 4.74 Å². The molecule has 128 valence electrons. The van der Waals surface area contributed by atoms with Gasteiger partial charge in [-0.25, -0.2) is 0 Å². The van der Waals surface area contributed by atoms with Gasteiger partial charge >= 0.3 is 6.61 Å². The zero-order valence-electron chi connectivity index (χ0n) is 13.3. The molecule has 7 heteroatoms. The van der Waals surface area contributed by atoms with Crippen LogP contribution in [0.4, 0.5) is 8.78 Å². The lowest BCUT2D eigenvalue weighted by Gasteiger charge is -2.34. The minimum absolute atomic E-state index is 0.0719. The van der Waals surface area contributed by atoms with Crippen LogP contribution < -0.4 is 15.4 Å². The van der Waals surface area contributed by atoms with Gasteiger partial charge in [-0.1, -0.05) is 17.7 Å². The molecule has 2 N–H and O–H groups in total. The van der Waals surface area contributed by atoms with Crippen LogP contribution in [0.15, 0.2) is 18.2 Å². The summed E-state index contributed by atoms with van der Waals surface area (Å²) in [7, 11) is 1.52. The van der Waals surface area contributed by atoms with Crippen LogP contribution in [0.5, 0.6) is 5.75 Å². The van der Waals surface area contributed by atoms with Gasteiger partial charge in [-0.3, -0.25) is 4.79 Å². The molecule has 1 amide bonds. The van der Waals surface area contributed by atoms with E-state index in [-0.39, 0.29) is 18.2 Å². The quantitative estimate of drug-likeness (QED) is 0.838. The molecule has 5 nitrogen and oxygen atoms in total. The number of methoxy groups -OCH3 is 1. The van der Waals surface area contributed by atoms with Crippen molar-refractivity contribution in [3.05, 3.63) is 29.3 Å². The van der Waals surface area contributed by atoms with E-state index in [0.717, 1.165) is 5.56 Å². The summed E-state index contributed by atoms with van der Waals surface area (Å²) in [6, 6.07) is 4.89. The van der Waals surface area contributed by atoms with Gasteiger partial charge in [0.15, 0.2) is 0 Å². The van der Waals surface area contributed by atoms with Crippen molar-refractivity contribution in [1.82, 2.24) is 10.6 Å². The smallest absolute Gasteiger partial charge is 0.387 e. The topological polar surface area (TPSA) is 59.6 Å². The van der Waals surface area contributed by atoms with E-state index in [1.54, 1.807) is 12.1 Å². The fourth-order valence-corrected chi connectivity index (χ4v) is 2.75. The Kier molecular flexibility index (Phi) is 5.90. The van der Waals surface area contributed by atoms with Gasteiger partial charge in [0.2, 0.25) is 0 Å². The summed E-state index contributed by atoms with van der Waals surface area (Å²) in [6.45, 7) is 0.459. The van der Waals surface area contributed by atoms with E-state index in [0.29, 0.717) is 31.5 Å². The number of hydrogen-bond acceptors (Lipinski definition) is 4. The number of amides is 1. The molecule has 1 heterocycles. The van der Waals surface area contributed by atoms with Crippen LogP contribution in [-0.4, -0.2) is 38.3 Å². The predicted molar refractivity (Wildman–Crippen MR) is 81.5 cm³/mol. The Morgan fingerprint density at radius 3 is 2.70 bits per heavy atom. The van der Waals surface area contributed by atoms with Gasteiger partial charge in [-0.2, -0.15) is 8.78 Å². The lowest BCUT2D eigenvalue weighted by atomic mass is 9.91. The Balaban J connectivity index is 2.07. The maximum Gasteiger partial charge on any atom is 0.387 e. The van der Waals surface area contributed by atoms with Crippen LogP contribution >= 0.6 is 0 Å². The highest BCUT2D eigenvalue weighted by Crippen LogP contribution is 2.25. The number of hydrogen-bond donors (Lipinski definition) is 2. The molecule has 23 heavy (non-hydrogen) atoms. The summed E-state index contributed by atoms with van der Waals surface area (Å²) < 4.78 is 34.9. The third-order valence-corrected chi connectivity index (χ3v) is 4.09. The monoisotopic (exact) mass is 328 g/mol. The first-order chi connectivity index (χ1) is 11.0. The molecular formula is C16H22F2N2O3. The Bertz CT molecular complexity index is 546. The van der Waals surface area contributed by atoms with Crippen LogP contribution in [0, 0.1) is 6.92 Å². The van der Waals surface area contributed by atoms with E-state index in [9.17, 15) is 13.6 Å². The van der Waals surface area contributed by atoms with Gasteiger partial charge in [-0.05, 0) is 38.9 Å². The molecule has 0 spiro atoms. The largest absolute Gasteiger partial charge is 0.434 e. The van der Waals surface area contributed by atoms with Crippen molar-refractivity contribution in [3.8, 4) is 5.75 Å². The molecule has 1 fully saturated rings. The summed E-state index contributed by atoms with van der Waals surface area (Å²) in [5.74, 6) is -0.159. The minimum atomic E-state index is -2.90. The maximum absolute atomic E-state index is 12.5. The number of nitrogens with one attached hydrogen (secondary N) is 2. The van der Waals surface area contributed by atoms with E-state index in [1.165, 1.54) is 13.2 Å². The third-order valence-electron chi connectivity index (χ3n) is 4.09. The van der Waals surface area contributed by atoms with Crippen molar-refractivity contribution in [2.24, 2.45) is 0 Å². The number of carbonyl (C=O) groups is 1. The van der Waals surface area contributed by atoms with E-state index in [1.807, 2.05) is 6.92 Å². The molecule has 1 aliphatic rings. The average molecular weight is 328 g/mol. The fraction of sp³-hybridized carbons (Fsp3) is 0.562. The molecule has 0 radical (unpaired) electrons. The highest BCUT2D eigenvalue weighted by molar-refractivity contribution is 5.85. The molecule has 1 saturated heterocycles. The van der Waals surface area contributed by atoms with Gasteiger partial charge in [0.05, 0.1) is 0 Å². The van der Waals surface area contributed by atoms with Gasteiger partial charge in [0, 0.05) is 19.2 Å². The highest BCUT2D eigenvalue weighted by Gasteiger charge is 2.39. The van der Waals surface area contributed by atoms with Gasteiger partial charge in [-0.15, -0.1) is 0 Å². The van der Waals surface area contributed by atoms with Crippen LogP contribution in [0.25, 0.3) is 0 Å². The second-order valence-corrected chi connectivity index (χ2v) is 5.62. The van der Waals surface area contributed by atoms with E-state index in [2.05, 4.69) is 15.4 Å². The first-order valence-electron chi connectivity index (χ1n) is 7.55. The number of rotatable bonds is 6. The SMILES string of the molecule is COC1(C(=O)NCc2cc(C)ccc2OC(F)F)CCNCC1. The van der Waals surface area contributed by atoms with E-state index < -0.39 is 12.2 Å². The normalized spacial score (nSPS) is 17.1. The molecule has 2 rings (SSSR count). The number of piperidine rings is 1. The van der Waals surface area contributed by atoms with Crippen LogP contribution in [0.2, 0.25) is 0 Å². The molecule has 0 bridgehead atoms. The van der Waals surface area contributed by atoms with Gasteiger partial charge < -0.3 is 20.1 Å². The molecule has 0 atom stereocenters. The summed E-state index contributed by atoms with van der Waals surface area (Å²) in [6.07, 6.45) is 1.15. The molecule has 0 aliphatic carbocycles. The molecule has 0 aromatic heterocycles. The molecule has 0 saturated carbocycles. The molecular weight excluding hydrogens is 306 g/mol. The van der Waals surface area contributed by atoms with Crippen molar-refractivity contribution < 1.29 is 23.0 Å². The summed E-state index contributed by atoms with van der Waals surface area (Å²) in [5.41, 5.74) is 0.553. The first kappa shape index (κ1) is 17.6. The van der Waals surface area contributed by atoms with Crippen LogP contribution in [0.1, 0.15) is 24.0 Å². The summed E-state index contributed by atoms with van der Waals surface area (Å²) in [4.78, 5) is 12.5. The van der Waals surface area contributed by atoms with Crippen LogP contribution in [-0.2, 0) is 16.1 Å². The fourth-order valence-electron chi connectivity index (χ4n) is 2.75. The second kappa shape index (κ2) is 7.70. The number of carbonyl (C=O) groups excluding carboxylic acids is 1. The summed E-state index contributed by atoms with van der Waals surface area (Å²) >= 11 is 0. The van der Waals surface area contributed by atoms with Crippen molar-refractivity contribution in [1.29, 1.82) is 0 Å². The molecule has 1 aliphatic heterocycles. The minimum Gasteiger partial charge on any atom is -0.434 e. The lowest BCUT2D eigenvalue weighted by Crippen LogP contribution is -2.53. The Morgan fingerprint density at radius 1 is 1.39 bits per heavy atom. The molecule has 0 unspecified atom stereocenters. The van der Waals surface area contributed by atoms with Crippen LogP contribution in [0.3, 0.4) is 0 Å². The lowest BCUT2D eigenvalue weighted by molar-refractivity contribution is -0.146. The Hall–Kier alpha value is -1.73. The van der Waals surface area contributed by atoms with Gasteiger partial charge in [0.25, 0.3) is 5.91 Å². The maximum atomic E-state index is 12.5. The first-order valence-corrected chi connectivity index (χ1v) is 7.55. The number of alkyl halides is 2. The molecule has 1 aromatic carbocycles. The van der Waals surface area contributed by atoms with Gasteiger partial charge in [0.1, 0.15) is 11.4 Å². The Labute approximate surface area is 134 Å². The number of ether oxygens (including phenoxy) is 2. The Morgan fingerprint density at radius 2 is 2.09 bits per heavy atom. The third kappa shape index (κ3) is 4.39. The van der Waals surface area contributed by atoms with Crippen molar-refractivity contribution in [2.45, 2.75) is 38.5 Å². The van der Waals surface area contributed by atoms with Crippen molar-refractivity contribution in [2.75, 3.05) is 20.2 Å². The number of halogens is 2. The average Bonchev–Trinajstić information content (AvgIpc) is 2.55. The summed E-state index contributed by atoms with van der Waals surface area (Å²) in [5, 5.41) is 5.96. The standard InChI is InChI=1S/C16H22F2N2O3/c1-11-3-4-13(23-15(17)18)12(9-11)10-20-14(21)16(22-2)5-7-19-8-6-16/h3-4,9,15,19H,5-8,10H2,1-2H3,(H,20,21). The predicted octanol–water partition coefficient (Wildman–Crippen LogP) is 1.98. The highest BCUT2D eigenvalue weighted by atomic mass is 19.3. The second-order valence-electron chi connectivity index (χ2n) is 5.62. The zero-order valence-corrected chi connectivity index (χ0v) is 13.3. The number of benzene rings is 1. The number of aryl methyl sites for hydroxylation is 1. The van der Waals surface area contributed by atoms with E-state index >= 15 is 0 Å².